The summed E-state index contributed by atoms with van der Waals surface area (Å²) in [6, 6.07) is 9.26. The van der Waals surface area contributed by atoms with Gasteiger partial charge in [-0.15, -0.1) is 0 Å². The van der Waals surface area contributed by atoms with Gasteiger partial charge in [0.15, 0.2) is 0 Å². The third kappa shape index (κ3) is 4.84. The highest BCUT2D eigenvalue weighted by molar-refractivity contribution is 6.03. The first-order valence-electron chi connectivity index (χ1n) is 7.51. The number of anilines is 2. The van der Waals surface area contributed by atoms with Gasteiger partial charge in [-0.25, -0.2) is 9.37 Å². The topological polar surface area (TPSA) is 55.3 Å². The lowest BCUT2D eigenvalue weighted by Crippen LogP contribution is -2.18. The maximum Gasteiger partial charge on any atom is 0.272 e. The SMILES string of the molecule is CCCCCNc1ccc(C(=O)Nc2ccc(F)cc2)c[nH+]1. The lowest BCUT2D eigenvalue weighted by atomic mass is 10.2. The van der Waals surface area contributed by atoms with Gasteiger partial charge in [0.05, 0.1) is 12.1 Å². The van der Waals surface area contributed by atoms with Crippen LogP contribution in [0.2, 0.25) is 0 Å². The van der Waals surface area contributed by atoms with Gasteiger partial charge >= 0.3 is 0 Å². The molecule has 0 radical (unpaired) electrons. The monoisotopic (exact) mass is 302 g/mol. The summed E-state index contributed by atoms with van der Waals surface area (Å²) in [5, 5.41) is 5.99. The van der Waals surface area contributed by atoms with Crippen LogP contribution < -0.4 is 15.6 Å². The number of amides is 1. The fourth-order valence-electron chi connectivity index (χ4n) is 2.01. The summed E-state index contributed by atoms with van der Waals surface area (Å²) in [5.41, 5.74) is 1.08. The van der Waals surface area contributed by atoms with E-state index in [1.807, 2.05) is 6.07 Å². The number of nitrogens with one attached hydrogen (secondary N) is 3. The number of halogens is 1. The standard InChI is InChI=1S/C17H20FN3O/c1-2-3-4-11-19-16-10-5-13(12-20-16)17(22)21-15-8-6-14(18)7-9-15/h5-10,12H,2-4,11H2,1H3,(H,19,20)(H,21,22)/p+1. The average molecular weight is 302 g/mol. The van der Waals surface area contributed by atoms with Crippen molar-refractivity contribution >= 4 is 17.4 Å². The molecule has 0 aliphatic carbocycles. The molecule has 4 nitrogen and oxygen atoms in total. The molecule has 5 heteroatoms. The summed E-state index contributed by atoms with van der Waals surface area (Å²) in [4.78, 5) is 15.1. The number of aromatic amines is 1. The maximum absolute atomic E-state index is 12.8. The number of pyridine rings is 1. The third-order valence-corrected chi connectivity index (χ3v) is 3.27. The van der Waals surface area contributed by atoms with Gasteiger partial charge in [-0.2, -0.15) is 0 Å². The van der Waals surface area contributed by atoms with Crippen molar-refractivity contribution in [3.05, 3.63) is 54.0 Å². The molecule has 0 aliphatic heterocycles. The van der Waals surface area contributed by atoms with Crippen molar-refractivity contribution in [3.63, 3.8) is 0 Å². The predicted octanol–water partition coefficient (Wildman–Crippen LogP) is 3.49. The summed E-state index contributed by atoms with van der Waals surface area (Å²) in [6.45, 7) is 3.08. The molecule has 2 rings (SSSR count). The number of hydrogen-bond acceptors (Lipinski definition) is 2. The molecule has 0 saturated carbocycles. The van der Waals surface area contributed by atoms with E-state index in [4.69, 9.17) is 0 Å². The molecule has 0 atom stereocenters. The van der Waals surface area contributed by atoms with E-state index in [9.17, 15) is 9.18 Å². The molecular formula is C17H21FN3O+. The van der Waals surface area contributed by atoms with Crippen LogP contribution in [-0.2, 0) is 0 Å². The number of carbonyl (C=O) groups excluding carboxylic acids is 1. The van der Waals surface area contributed by atoms with Gasteiger partial charge in [0.1, 0.15) is 12.0 Å². The zero-order valence-corrected chi connectivity index (χ0v) is 12.7. The Balaban J connectivity index is 1.89. The average Bonchev–Trinajstić information content (AvgIpc) is 2.54. The lowest BCUT2D eigenvalue weighted by Gasteiger charge is -2.04. The maximum atomic E-state index is 12.8. The molecule has 2 aromatic rings. The van der Waals surface area contributed by atoms with Gasteiger partial charge in [-0.1, -0.05) is 13.3 Å². The summed E-state index contributed by atoms with van der Waals surface area (Å²) in [5.74, 6) is 0.319. The van der Waals surface area contributed by atoms with E-state index in [2.05, 4.69) is 22.5 Å². The first-order valence-corrected chi connectivity index (χ1v) is 7.51. The Labute approximate surface area is 129 Å². The Kier molecular flexibility index (Phi) is 5.89. The van der Waals surface area contributed by atoms with Crippen molar-refractivity contribution < 1.29 is 14.2 Å². The Morgan fingerprint density at radius 1 is 1.14 bits per heavy atom. The van der Waals surface area contributed by atoms with E-state index < -0.39 is 0 Å². The van der Waals surface area contributed by atoms with Crippen LogP contribution in [0.4, 0.5) is 15.9 Å². The number of unbranched alkanes of at least 4 members (excludes halogenated alkanes) is 2. The van der Waals surface area contributed by atoms with Crippen molar-refractivity contribution in [3.8, 4) is 0 Å². The second-order valence-electron chi connectivity index (χ2n) is 5.09. The van der Waals surface area contributed by atoms with E-state index in [0.717, 1.165) is 18.8 Å². The van der Waals surface area contributed by atoms with Crippen LogP contribution in [0.5, 0.6) is 0 Å². The number of hydrogen-bond donors (Lipinski definition) is 2. The Hall–Kier alpha value is -2.43. The molecule has 22 heavy (non-hydrogen) atoms. The molecule has 1 amide bonds. The molecular weight excluding hydrogens is 281 g/mol. The highest BCUT2D eigenvalue weighted by atomic mass is 19.1. The molecule has 1 aromatic carbocycles. The fraction of sp³-hybridized carbons (Fsp3) is 0.294. The summed E-state index contributed by atoms with van der Waals surface area (Å²) >= 11 is 0. The van der Waals surface area contributed by atoms with Crippen LogP contribution in [0.15, 0.2) is 42.6 Å². The molecule has 1 heterocycles. The predicted molar refractivity (Wildman–Crippen MR) is 85.4 cm³/mol. The van der Waals surface area contributed by atoms with Crippen LogP contribution in [0.25, 0.3) is 0 Å². The molecule has 3 N–H and O–H groups in total. The zero-order chi connectivity index (χ0) is 15.8. The first kappa shape index (κ1) is 15.9. The lowest BCUT2D eigenvalue weighted by molar-refractivity contribution is -0.361. The summed E-state index contributed by atoms with van der Waals surface area (Å²) in [7, 11) is 0. The van der Waals surface area contributed by atoms with Crippen LogP contribution in [-0.4, -0.2) is 12.5 Å². The molecule has 0 saturated heterocycles. The molecule has 0 unspecified atom stereocenters. The van der Waals surface area contributed by atoms with Crippen molar-refractivity contribution in [2.24, 2.45) is 0 Å². The minimum atomic E-state index is -0.329. The first-order chi connectivity index (χ1) is 10.7. The molecule has 1 aromatic heterocycles. The van der Waals surface area contributed by atoms with Crippen molar-refractivity contribution in [1.29, 1.82) is 0 Å². The summed E-state index contributed by atoms with van der Waals surface area (Å²) in [6.07, 6.45) is 5.16. The van der Waals surface area contributed by atoms with Crippen molar-refractivity contribution in [2.45, 2.75) is 26.2 Å². The molecule has 0 spiro atoms. The highest BCUT2D eigenvalue weighted by Gasteiger charge is 2.09. The van der Waals surface area contributed by atoms with Crippen LogP contribution in [0.1, 0.15) is 36.5 Å². The van der Waals surface area contributed by atoms with E-state index in [0.29, 0.717) is 11.3 Å². The van der Waals surface area contributed by atoms with Gasteiger partial charge in [0, 0.05) is 11.8 Å². The van der Waals surface area contributed by atoms with Gasteiger partial charge in [0.2, 0.25) is 0 Å². The number of H-pyrrole nitrogens is 1. The Morgan fingerprint density at radius 3 is 2.55 bits per heavy atom. The van der Waals surface area contributed by atoms with E-state index in [1.165, 1.54) is 37.1 Å². The van der Waals surface area contributed by atoms with Gasteiger partial charge in [-0.05, 0) is 43.2 Å². The Morgan fingerprint density at radius 2 is 1.91 bits per heavy atom. The zero-order valence-electron chi connectivity index (χ0n) is 12.7. The molecule has 0 bridgehead atoms. The number of aromatic nitrogens is 1. The van der Waals surface area contributed by atoms with Gasteiger partial charge < -0.3 is 5.32 Å². The third-order valence-electron chi connectivity index (χ3n) is 3.27. The Bertz CT molecular complexity index is 596. The number of benzene rings is 1. The highest BCUT2D eigenvalue weighted by Crippen LogP contribution is 2.10. The smallest absolute Gasteiger partial charge is 0.272 e. The largest absolute Gasteiger partial charge is 0.322 e. The quantitative estimate of drug-likeness (QED) is 0.769. The molecule has 0 fully saturated rings. The van der Waals surface area contributed by atoms with Gasteiger partial charge in [-0.3, -0.25) is 10.1 Å². The minimum Gasteiger partial charge on any atom is -0.322 e. The van der Waals surface area contributed by atoms with Crippen molar-refractivity contribution in [2.75, 3.05) is 17.2 Å². The number of rotatable bonds is 7. The van der Waals surface area contributed by atoms with Crippen LogP contribution in [0, 0.1) is 5.82 Å². The van der Waals surface area contributed by atoms with Gasteiger partial charge in [0.25, 0.3) is 11.7 Å². The van der Waals surface area contributed by atoms with Crippen LogP contribution >= 0.6 is 0 Å². The second kappa shape index (κ2) is 8.12. The van der Waals surface area contributed by atoms with Crippen LogP contribution in [0.3, 0.4) is 0 Å². The van der Waals surface area contributed by atoms with Crippen molar-refractivity contribution in [1.82, 2.24) is 0 Å². The molecule has 116 valence electrons. The minimum absolute atomic E-state index is 0.236. The van der Waals surface area contributed by atoms with E-state index in [1.54, 1.807) is 12.3 Å². The number of carbonyl (C=O) groups is 1. The van der Waals surface area contributed by atoms with E-state index in [-0.39, 0.29) is 11.7 Å². The fourth-order valence-corrected chi connectivity index (χ4v) is 2.01. The second-order valence-corrected chi connectivity index (χ2v) is 5.09. The van der Waals surface area contributed by atoms with E-state index >= 15 is 0 Å². The molecule has 0 aliphatic rings. The summed E-state index contributed by atoms with van der Waals surface area (Å²) < 4.78 is 12.8. The normalized spacial score (nSPS) is 10.3.